The number of aromatic nitrogens is 2. The Morgan fingerprint density at radius 3 is 2.48 bits per heavy atom. The Balaban J connectivity index is 2.12. The van der Waals surface area contributed by atoms with Gasteiger partial charge in [0.2, 0.25) is 0 Å². The zero-order valence-corrected chi connectivity index (χ0v) is 12.1. The highest BCUT2D eigenvalue weighted by Gasteiger charge is 2.07. The van der Waals surface area contributed by atoms with Gasteiger partial charge in [0.05, 0.1) is 6.61 Å². The highest BCUT2D eigenvalue weighted by molar-refractivity contribution is 5.93. The van der Waals surface area contributed by atoms with Crippen molar-refractivity contribution in [3.8, 4) is 17.5 Å². The number of hydrogen-bond acceptors (Lipinski definition) is 5. The van der Waals surface area contributed by atoms with Crippen LogP contribution in [0.5, 0.6) is 17.5 Å². The van der Waals surface area contributed by atoms with Crippen LogP contribution in [-0.2, 0) is 0 Å². The van der Waals surface area contributed by atoms with E-state index in [4.69, 9.17) is 20.6 Å². The molecule has 2 aromatic rings. The number of ether oxygens (including phenoxy) is 2. The number of benzene rings is 1. The number of nitrogens with zero attached hydrogens (tertiary/aromatic N) is 2. The minimum Gasteiger partial charge on any atom is -0.494 e. The molecular weight excluding hydrogens is 268 g/mol. The van der Waals surface area contributed by atoms with Crippen LogP contribution in [-0.4, -0.2) is 22.4 Å². The van der Waals surface area contributed by atoms with Gasteiger partial charge < -0.3 is 15.2 Å². The molecular formula is C15H18N4O2. The van der Waals surface area contributed by atoms with Gasteiger partial charge in [0.1, 0.15) is 23.0 Å². The molecule has 0 bridgehead atoms. The van der Waals surface area contributed by atoms with Crippen molar-refractivity contribution in [2.45, 2.75) is 20.3 Å². The van der Waals surface area contributed by atoms with Gasteiger partial charge in [-0.15, -0.1) is 0 Å². The summed E-state index contributed by atoms with van der Waals surface area (Å²) in [5.74, 6) is 1.27. The molecule has 2 rings (SSSR count). The molecule has 0 fully saturated rings. The SMILES string of the molecule is CCCOc1ccc(Oc2nc(C)cc(C(=N)N)n2)cc1. The smallest absolute Gasteiger partial charge is 0.322 e. The summed E-state index contributed by atoms with van der Waals surface area (Å²) in [7, 11) is 0. The Labute approximate surface area is 123 Å². The summed E-state index contributed by atoms with van der Waals surface area (Å²) < 4.78 is 11.1. The van der Waals surface area contributed by atoms with Gasteiger partial charge in [0.15, 0.2) is 0 Å². The molecule has 3 N–H and O–H groups in total. The second-order valence-corrected chi connectivity index (χ2v) is 4.51. The van der Waals surface area contributed by atoms with Gasteiger partial charge in [-0.05, 0) is 43.7 Å². The molecule has 6 heteroatoms. The minimum absolute atomic E-state index is 0.117. The van der Waals surface area contributed by atoms with Crippen molar-refractivity contribution in [1.82, 2.24) is 9.97 Å². The maximum atomic E-state index is 7.42. The normalized spacial score (nSPS) is 10.2. The molecule has 0 spiro atoms. The summed E-state index contributed by atoms with van der Waals surface area (Å²) in [5.41, 5.74) is 6.47. The van der Waals surface area contributed by atoms with E-state index in [1.165, 1.54) is 0 Å². The molecule has 6 nitrogen and oxygen atoms in total. The zero-order valence-electron chi connectivity index (χ0n) is 12.1. The van der Waals surface area contributed by atoms with Crippen molar-refractivity contribution in [2.24, 2.45) is 5.73 Å². The quantitative estimate of drug-likeness (QED) is 0.629. The minimum atomic E-state index is -0.117. The molecule has 1 heterocycles. The summed E-state index contributed by atoms with van der Waals surface area (Å²) >= 11 is 0. The van der Waals surface area contributed by atoms with E-state index in [-0.39, 0.29) is 11.8 Å². The van der Waals surface area contributed by atoms with E-state index in [9.17, 15) is 0 Å². The number of nitrogen functional groups attached to an aromatic ring is 1. The summed E-state index contributed by atoms with van der Waals surface area (Å²) in [6.07, 6.45) is 0.962. The summed E-state index contributed by atoms with van der Waals surface area (Å²) in [4.78, 5) is 8.25. The molecule has 21 heavy (non-hydrogen) atoms. The van der Waals surface area contributed by atoms with Gasteiger partial charge in [-0.2, -0.15) is 4.98 Å². The van der Waals surface area contributed by atoms with Gasteiger partial charge in [-0.1, -0.05) is 6.92 Å². The van der Waals surface area contributed by atoms with E-state index in [1.807, 2.05) is 12.1 Å². The van der Waals surface area contributed by atoms with Gasteiger partial charge in [0.25, 0.3) is 0 Å². The van der Waals surface area contributed by atoms with Crippen LogP contribution in [0.2, 0.25) is 0 Å². The van der Waals surface area contributed by atoms with Crippen LogP contribution in [0.3, 0.4) is 0 Å². The van der Waals surface area contributed by atoms with E-state index >= 15 is 0 Å². The lowest BCUT2D eigenvalue weighted by atomic mass is 10.3. The number of aryl methyl sites for hydroxylation is 1. The maximum absolute atomic E-state index is 7.42. The average Bonchev–Trinajstić information content (AvgIpc) is 2.46. The Morgan fingerprint density at radius 1 is 1.19 bits per heavy atom. The fraction of sp³-hybridized carbons (Fsp3) is 0.267. The molecule has 1 aromatic carbocycles. The fourth-order valence-electron chi connectivity index (χ4n) is 1.65. The number of hydrogen-bond donors (Lipinski definition) is 2. The first-order valence-corrected chi connectivity index (χ1v) is 6.69. The van der Waals surface area contributed by atoms with Crippen molar-refractivity contribution in [1.29, 1.82) is 5.41 Å². The fourth-order valence-corrected chi connectivity index (χ4v) is 1.65. The Bertz CT molecular complexity index is 626. The van der Waals surface area contributed by atoms with Crippen LogP contribution in [0.4, 0.5) is 0 Å². The second kappa shape index (κ2) is 6.69. The lowest BCUT2D eigenvalue weighted by Crippen LogP contribution is -2.14. The number of nitrogens with one attached hydrogen (secondary N) is 1. The number of amidine groups is 1. The van der Waals surface area contributed by atoms with Gasteiger partial charge >= 0.3 is 6.01 Å². The van der Waals surface area contributed by atoms with Crippen LogP contribution < -0.4 is 15.2 Å². The van der Waals surface area contributed by atoms with Crippen LogP contribution >= 0.6 is 0 Å². The molecule has 0 saturated heterocycles. The Morgan fingerprint density at radius 2 is 1.86 bits per heavy atom. The van der Waals surface area contributed by atoms with Crippen LogP contribution in [0.15, 0.2) is 30.3 Å². The number of rotatable bonds is 6. The van der Waals surface area contributed by atoms with Crippen LogP contribution in [0.25, 0.3) is 0 Å². The predicted octanol–water partition coefficient (Wildman–Crippen LogP) is 2.65. The van der Waals surface area contributed by atoms with Crippen molar-refractivity contribution in [2.75, 3.05) is 6.61 Å². The standard InChI is InChI=1S/C15H18N4O2/c1-3-8-20-11-4-6-12(7-5-11)21-15-18-10(2)9-13(19-15)14(16)17/h4-7,9H,3,8H2,1-2H3,(H3,16,17). The molecule has 0 saturated carbocycles. The van der Waals surface area contributed by atoms with E-state index in [1.54, 1.807) is 25.1 Å². The molecule has 0 unspecified atom stereocenters. The van der Waals surface area contributed by atoms with Gasteiger partial charge in [0, 0.05) is 5.69 Å². The predicted molar refractivity (Wildman–Crippen MR) is 80.1 cm³/mol. The lowest BCUT2D eigenvalue weighted by Gasteiger charge is -2.08. The Kier molecular flexibility index (Phi) is 4.71. The third-order valence-electron chi connectivity index (χ3n) is 2.62. The summed E-state index contributed by atoms with van der Waals surface area (Å²) in [6, 6.07) is 9.02. The molecule has 0 amide bonds. The number of nitrogens with two attached hydrogens (primary N) is 1. The molecule has 0 radical (unpaired) electrons. The first-order chi connectivity index (χ1) is 10.1. The topological polar surface area (TPSA) is 94.1 Å². The highest BCUT2D eigenvalue weighted by Crippen LogP contribution is 2.22. The second-order valence-electron chi connectivity index (χ2n) is 4.51. The van der Waals surface area contributed by atoms with E-state index in [0.717, 1.165) is 12.2 Å². The molecule has 0 atom stereocenters. The maximum Gasteiger partial charge on any atom is 0.322 e. The summed E-state index contributed by atoms with van der Waals surface area (Å²) in [6.45, 7) is 4.53. The van der Waals surface area contributed by atoms with Gasteiger partial charge in [-0.25, -0.2) is 4.98 Å². The van der Waals surface area contributed by atoms with Crippen LogP contribution in [0, 0.1) is 12.3 Å². The Hall–Kier alpha value is -2.63. The van der Waals surface area contributed by atoms with E-state index in [2.05, 4.69) is 16.9 Å². The lowest BCUT2D eigenvalue weighted by molar-refractivity contribution is 0.317. The first kappa shape index (κ1) is 14.8. The van der Waals surface area contributed by atoms with Gasteiger partial charge in [-0.3, -0.25) is 5.41 Å². The van der Waals surface area contributed by atoms with Crippen molar-refractivity contribution in [3.05, 3.63) is 41.7 Å². The average molecular weight is 286 g/mol. The highest BCUT2D eigenvalue weighted by atomic mass is 16.5. The summed E-state index contributed by atoms with van der Waals surface area (Å²) in [5, 5.41) is 7.42. The molecule has 1 aromatic heterocycles. The molecule has 0 aliphatic heterocycles. The van der Waals surface area contributed by atoms with E-state index < -0.39 is 0 Å². The van der Waals surface area contributed by atoms with Crippen LogP contribution in [0.1, 0.15) is 24.7 Å². The monoisotopic (exact) mass is 286 g/mol. The first-order valence-electron chi connectivity index (χ1n) is 6.69. The molecule has 0 aliphatic rings. The van der Waals surface area contributed by atoms with E-state index in [0.29, 0.717) is 23.7 Å². The van der Waals surface area contributed by atoms with Crippen molar-refractivity contribution >= 4 is 5.84 Å². The van der Waals surface area contributed by atoms with Crippen molar-refractivity contribution < 1.29 is 9.47 Å². The van der Waals surface area contributed by atoms with Crippen molar-refractivity contribution in [3.63, 3.8) is 0 Å². The third kappa shape index (κ3) is 4.17. The zero-order chi connectivity index (χ0) is 15.2. The molecule has 0 aliphatic carbocycles. The third-order valence-corrected chi connectivity index (χ3v) is 2.62. The molecule has 110 valence electrons. The largest absolute Gasteiger partial charge is 0.494 e.